The normalized spacial score (nSPS) is 19.6. The zero-order valence-corrected chi connectivity index (χ0v) is 17.9. The van der Waals surface area contributed by atoms with Gasteiger partial charge in [0.15, 0.2) is 9.84 Å². The van der Waals surface area contributed by atoms with E-state index in [0.29, 0.717) is 17.3 Å². The summed E-state index contributed by atoms with van der Waals surface area (Å²) in [6.07, 6.45) is 5.20. The summed E-state index contributed by atoms with van der Waals surface area (Å²) in [5.74, 6) is 0.674. The molecule has 0 radical (unpaired) electrons. The van der Waals surface area contributed by atoms with E-state index in [-0.39, 0.29) is 24.2 Å². The summed E-state index contributed by atoms with van der Waals surface area (Å²) >= 11 is 0. The van der Waals surface area contributed by atoms with Gasteiger partial charge in [-0.15, -0.1) is 0 Å². The quantitative estimate of drug-likeness (QED) is 0.656. The first kappa shape index (κ1) is 20.6. The molecule has 1 amide bonds. The van der Waals surface area contributed by atoms with Gasteiger partial charge in [0, 0.05) is 12.3 Å². The summed E-state index contributed by atoms with van der Waals surface area (Å²) in [5, 5.41) is 3.15. The first-order chi connectivity index (χ1) is 14.4. The summed E-state index contributed by atoms with van der Waals surface area (Å²) in [7, 11) is -3.26. The molecule has 6 nitrogen and oxygen atoms in total. The van der Waals surface area contributed by atoms with Crippen molar-refractivity contribution in [2.24, 2.45) is 0 Å². The topological polar surface area (TPSA) is 81.1 Å². The van der Waals surface area contributed by atoms with Gasteiger partial charge in [0.2, 0.25) is 5.91 Å². The van der Waals surface area contributed by atoms with Crippen molar-refractivity contribution in [2.75, 3.05) is 6.26 Å². The Kier molecular flexibility index (Phi) is 5.90. The van der Waals surface area contributed by atoms with Crippen molar-refractivity contribution in [3.8, 4) is 0 Å². The predicted molar refractivity (Wildman–Crippen MR) is 118 cm³/mol. The van der Waals surface area contributed by atoms with Gasteiger partial charge in [0.25, 0.3) is 0 Å². The third kappa shape index (κ3) is 4.90. The Bertz CT molecular complexity index is 1130. The number of carbonyl (C=O) groups excluding carboxylic acids is 1. The van der Waals surface area contributed by atoms with Crippen LogP contribution in [0.25, 0.3) is 11.0 Å². The van der Waals surface area contributed by atoms with Crippen LogP contribution in [-0.4, -0.2) is 36.2 Å². The Hall–Kier alpha value is -2.67. The second-order valence-corrected chi connectivity index (χ2v) is 10.3. The van der Waals surface area contributed by atoms with E-state index in [1.807, 2.05) is 30.3 Å². The molecule has 0 unspecified atom stereocenters. The lowest BCUT2D eigenvalue weighted by molar-refractivity contribution is -0.122. The molecule has 0 bridgehead atoms. The van der Waals surface area contributed by atoms with Crippen molar-refractivity contribution < 1.29 is 13.2 Å². The van der Waals surface area contributed by atoms with Gasteiger partial charge in [-0.25, -0.2) is 13.4 Å². The van der Waals surface area contributed by atoms with Crippen LogP contribution in [0.15, 0.2) is 54.6 Å². The summed E-state index contributed by atoms with van der Waals surface area (Å²) in [4.78, 5) is 17.2. The minimum atomic E-state index is -3.26. The molecule has 1 saturated carbocycles. The summed E-state index contributed by atoms with van der Waals surface area (Å²) in [6.45, 7) is 0.0734. The Balaban J connectivity index is 1.42. The van der Waals surface area contributed by atoms with Crippen LogP contribution >= 0.6 is 0 Å². The first-order valence-electron chi connectivity index (χ1n) is 10.4. The number of imidazole rings is 1. The molecule has 0 atom stereocenters. The van der Waals surface area contributed by atoms with E-state index in [9.17, 15) is 13.2 Å². The van der Waals surface area contributed by atoms with Crippen LogP contribution in [0.3, 0.4) is 0 Å². The number of sulfone groups is 1. The molecule has 1 aliphatic rings. The van der Waals surface area contributed by atoms with E-state index in [1.165, 1.54) is 11.8 Å². The number of nitrogens with one attached hydrogen (secondary N) is 1. The fourth-order valence-corrected chi connectivity index (χ4v) is 5.05. The first-order valence-corrected chi connectivity index (χ1v) is 12.4. The number of nitrogens with zero attached hydrogens (tertiary/aromatic N) is 2. The Morgan fingerprint density at radius 3 is 2.40 bits per heavy atom. The third-order valence-corrected chi connectivity index (χ3v) is 6.57. The second-order valence-electron chi connectivity index (χ2n) is 8.20. The number of hydrogen-bond donors (Lipinski definition) is 1. The largest absolute Gasteiger partial charge is 0.352 e. The van der Waals surface area contributed by atoms with Crippen molar-refractivity contribution in [1.29, 1.82) is 0 Å². The fraction of sp³-hybridized carbons (Fsp3) is 0.391. The van der Waals surface area contributed by atoms with Gasteiger partial charge >= 0.3 is 0 Å². The van der Waals surface area contributed by atoms with Gasteiger partial charge < -0.3 is 9.88 Å². The van der Waals surface area contributed by atoms with Gasteiger partial charge in [0.1, 0.15) is 18.1 Å². The van der Waals surface area contributed by atoms with Crippen molar-refractivity contribution in [2.45, 2.75) is 49.9 Å². The average Bonchev–Trinajstić information content (AvgIpc) is 3.04. The fourth-order valence-electron chi connectivity index (χ4n) is 4.36. The van der Waals surface area contributed by atoms with Crippen molar-refractivity contribution in [1.82, 2.24) is 14.9 Å². The van der Waals surface area contributed by atoms with E-state index in [0.717, 1.165) is 31.2 Å². The van der Waals surface area contributed by atoms with Gasteiger partial charge in [0.05, 0.1) is 11.0 Å². The molecule has 3 aromatic rings. The molecule has 0 spiro atoms. The van der Waals surface area contributed by atoms with Crippen LogP contribution in [0.5, 0.6) is 0 Å². The minimum Gasteiger partial charge on any atom is -0.352 e. The number of aromatic nitrogens is 2. The van der Waals surface area contributed by atoms with E-state index in [2.05, 4.69) is 34.6 Å². The molecular formula is C23H27N3O3S. The van der Waals surface area contributed by atoms with E-state index < -0.39 is 9.84 Å². The number of amides is 1. The monoisotopic (exact) mass is 425 g/mol. The molecule has 0 aliphatic heterocycles. The smallest absolute Gasteiger partial charge is 0.240 e. The van der Waals surface area contributed by atoms with Gasteiger partial charge in [-0.1, -0.05) is 42.5 Å². The van der Waals surface area contributed by atoms with Crippen molar-refractivity contribution in [3.05, 3.63) is 66.0 Å². The van der Waals surface area contributed by atoms with E-state index in [1.54, 1.807) is 4.57 Å². The van der Waals surface area contributed by atoms with Crippen LogP contribution in [0.4, 0.5) is 0 Å². The van der Waals surface area contributed by atoms with Crippen LogP contribution in [0, 0.1) is 0 Å². The summed E-state index contributed by atoms with van der Waals surface area (Å²) in [6, 6.07) is 18.1. The van der Waals surface area contributed by atoms with E-state index in [4.69, 9.17) is 0 Å². The standard InChI is InChI=1S/C23H27N3O3S/c1-30(28,29)16-22-25-20-9-5-6-10-21(20)26(22)15-23(27)24-19-13-11-18(12-14-19)17-7-3-2-4-8-17/h2-10,18-19H,11-16H2,1H3,(H,24,27). The van der Waals surface area contributed by atoms with Gasteiger partial charge in [-0.05, 0) is 49.3 Å². The second kappa shape index (κ2) is 8.60. The minimum absolute atomic E-state index is 0.0734. The molecule has 1 fully saturated rings. The van der Waals surface area contributed by atoms with Gasteiger partial charge in [-0.2, -0.15) is 0 Å². The predicted octanol–water partition coefficient (Wildman–Crippen LogP) is 3.42. The molecule has 1 aromatic heterocycles. The summed E-state index contributed by atoms with van der Waals surface area (Å²) in [5.41, 5.74) is 2.85. The lowest BCUT2D eigenvalue weighted by Gasteiger charge is -2.29. The molecule has 1 heterocycles. The number of para-hydroxylation sites is 2. The molecule has 30 heavy (non-hydrogen) atoms. The maximum atomic E-state index is 12.8. The highest BCUT2D eigenvalue weighted by atomic mass is 32.2. The van der Waals surface area contributed by atoms with Crippen molar-refractivity contribution in [3.63, 3.8) is 0 Å². The zero-order chi connectivity index (χ0) is 21.1. The lowest BCUT2D eigenvalue weighted by atomic mass is 9.82. The van der Waals surface area contributed by atoms with Gasteiger partial charge in [-0.3, -0.25) is 4.79 Å². The Labute approximate surface area is 177 Å². The third-order valence-electron chi connectivity index (χ3n) is 5.79. The molecule has 2 aromatic carbocycles. The van der Waals surface area contributed by atoms with Crippen LogP contribution in [0.2, 0.25) is 0 Å². The highest BCUT2D eigenvalue weighted by molar-refractivity contribution is 7.89. The highest BCUT2D eigenvalue weighted by Gasteiger charge is 2.24. The molecule has 0 saturated heterocycles. The molecule has 1 aliphatic carbocycles. The highest BCUT2D eigenvalue weighted by Crippen LogP contribution is 2.32. The SMILES string of the molecule is CS(=O)(=O)Cc1nc2ccccc2n1CC(=O)NC1CCC(c2ccccc2)CC1. The number of fused-ring (bicyclic) bond motifs is 1. The molecule has 7 heteroatoms. The van der Waals surface area contributed by atoms with E-state index >= 15 is 0 Å². The summed E-state index contributed by atoms with van der Waals surface area (Å²) < 4.78 is 25.4. The van der Waals surface area contributed by atoms with Crippen LogP contribution < -0.4 is 5.32 Å². The molecule has 1 N–H and O–H groups in total. The Morgan fingerprint density at radius 1 is 1.03 bits per heavy atom. The lowest BCUT2D eigenvalue weighted by Crippen LogP contribution is -2.39. The van der Waals surface area contributed by atoms with Crippen LogP contribution in [-0.2, 0) is 26.9 Å². The Morgan fingerprint density at radius 2 is 1.70 bits per heavy atom. The average molecular weight is 426 g/mol. The van der Waals surface area contributed by atoms with Crippen LogP contribution in [0.1, 0.15) is 43.0 Å². The maximum Gasteiger partial charge on any atom is 0.240 e. The number of rotatable bonds is 6. The molecule has 4 rings (SSSR count). The zero-order valence-electron chi connectivity index (χ0n) is 17.1. The molecular weight excluding hydrogens is 398 g/mol. The maximum absolute atomic E-state index is 12.8. The van der Waals surface area contributed by atoms with Crippen molar-refractivity contribution >= 4 is 26.8 Å². The number of carbonyl (C=O) groups is 1. The number of hydrogen-bond acceptors (Lipinski definition) is 4. The molecule has 158 valence electrons. The number of benzene rings is 2.